The Labute approximate surface area is 62.8 Å². The van der Waals surface area contributed by atoms with Crippen molar-refractivity contribution >= 4 is 11.5 Å². The second kappa shape index (κ2) is 3.60. The van der Waals surface area contributed by atoms with Crippen LogP contribution in [0.25, 0.3) is 0 Å². The van der Waals surface area contributed by atoms with E-state index in [2.05, 4.69) is 9.59 Å². The molecular formula is C5H9N3OS. The van der Waals surface area contributed by atoms with Crippen LogP contribution in [0, 0.1) is 0 Å². The predicted molar refractivity (Wildman–Crippen MR) is 38.5 cm³/mol. The van der Waals surface area contributed by atoms with Gasteiger partial charge in [0.25, 0.3) is 0 Å². The maximum Gasteiger partial charge on any atom is 0.104 e. The smallest absolute Gasteiger partial charge is 0.104 e. The third-order valence-corrected chi connectivity index (χ3v) is 1.68. The molecule has 5 heteroatoms. The Balaban J connectivity index is 2.50. The van der Waals surface area contributed by atoms with Crippen molar-refractivity contribution in [2.45, 2.75) is 12.5 Å². The van der Waals surface area contributed by atoms with Gasteiger partial charge in [0, 0.05) is 5.38 Å². The summed E-state index contributed by atoms with van der Waals surface area (Å²) in [5, 5.41) is 14.7. The van der Waals surface area contributed by atoms with Crippen LogP contribution >= 0.6 is 11.5 Å². The van der Waals surface area contributed by atoms with Gasteiger partial charge in [0.15, 0.2) is 0 Å². The first-order valence-corrected chi connectivity index (χ1v) is 3.83. The molecule has 0 aromatic carbocycles. The van der Waals surface area contributed by atoms with Crippen molar-refractivity contribution in [3.05, 3.63) is 11.1 Å². The average Bonchev–Trinajstić information content (AvgIpc) is 2.38. The lowest BCUT2D eigenvalue weighted by molar-refractivity contribution is 0.165. The van der Waals surface area contributed by atoms with Gasteiger partial charge in [-0.3, -0.25) is 0 Å². The molecule has 1 heterocycles. The maximum absolute atomic E-state index is 9.23. The summed E-state index contributed by atoms with van der Waals surface area (Å²) in [7, 11) is 0. The molecule has 0 amide bonds. The molecule has 4 nitrogen and oxygen atoms in total. The van der Waals surface area contributed by atoms with Crippen molar-refractivity contribution in [3.8, 4) is 0 Å². The van der Waals surface area contributed by atoms with Crippen LogP contribution in [0.5, 0.6) is 0 Å². The minimum atomic E-state index is -0.538. The van der Waals surface area contributed by atoms with E-state index >= 15 is 0 Å². The van der Waals surface area contributed by atoms with Crippen molar-refractivity contribution in [2.75, 3.05) is 6.54 Å². The van der Waals surface area contributed by atoms with E-state index in [0.717, 1.165) is 0 Å². The Morgan fingerprint density at radius 2 is 2.60 bits per heavy atom. The van der Waals surface area contributed by atoms with Crippen molar-refractivity contribution in [2.24, 2.45) is 5.73 Å². The van der Waals surface area contributed by atoms with Crippen molar-refractivity contribution in [1.29, 1.82) is 0 Å². The summed E-state index contributed by atoms with van der Waals surface area (Å²) in [5.74, 6) is 0. The van der Waals surface area contributed by atoms with Crippen LogP contribution in [0.15, 0.2) is 5.38 Å². The summed E-state index contributed by atoms with van der Waals surface area (Å²) < 4.78 is 3.62. The Morgan fingerprint density at radius 1 is 1.80 bits per heavy atom. The van der Waals surface area contributed by atoms with Gasteiger partial charge < -0.3 is 10.8 Å². The van der Waals surface area contributed by atoms with Crippen LogP contribution in [0.2, 0.25) is 0 Å². The normalized spacial score (nSPS) is 13.4. The zero-order chi connectivity index (χ0) is 7.40. The molecule has 0 aliphatic heterocycles. The molecule has 1 unspecified atom stereocenters. The highest BCUT2D eigenvalue weighted by Gasteiger charge is 2.07. The average molecular weight is 159 g/mol. The molecule has 0 bridgehead atoms. The zero-order valence-corrected chi connectivity index (χ0v) is 6.21. The molecule has 0 spiro atoms. The van der Waals surface area contributed by atoms with E-state index in [1.165, 1.54) is 11.5 Å². The van der Waals surface area contributed by atoms with E-state index in [4.69, 9.17) is 5.73 Å². The number of aliphatic hydroxyl groups is 1. The van der Waals surface area contributed by atoms with Crippen LogP contribution in [0.4, 0.5) is 0 Å². The van der Waals surface area contributed by atoms with Gasteiger partial charge in [-0.2, -0.15) is 0 Å². The highest BCUT2D eigenvalue weighted by Crippen LogP contribution is 2.12. The fourth-order valence-corrected chi connectivity index (χ4v) is 1.12. The van der Waals surface area contributed by atoms with Gasteiger partial charge in [-0.1, -0.05) is 4.49 Å². The number of hydrogen-bond acceptors (Lipinski definition) is 5. The van der Waals surface area contributed by atoms with Crippen LogP contribution in [0.3, 0.4) is 0 Å². The zero-order valence-electron chi connectivity index (χ0n) is 5.40. The van der Waals surface area contributed by atoms with Gasteiger partial charge in [0.2, 0.25) is 0 Å². The third-order valence-electron chi connectivity index (χ3n) is 1.16. The summed E-state index contributed by atoms with van der Waals surface area (Å²) in [6.45, 7) is 0.471. The number of hydrogen-bond donors (Lipinski definition) is 2. The van der Waals surface area contributed by atoms with Crippen LogP contribution < -0.4 is 5.73 Å². The molecule has 0 saturated heterocycles. The molecule has 1 rings (SSSR count). The molecule has 3 N–H and O–H groups in total. The topological polar surface area (TPSA) is 72.0 Å². The van der Waals surface area contributed by atoms with Gasteiger partial charge in [-0.25, -0.2) is 0 Å². The molecule has 10 heavy (non-hydrogen) atoms. The largest absolute Gasteiger partial charge is 0.387 e. The maximum atomic E-state index is 9.23. The first kappa shape index (κ1) is 7.59. The quantitative estimate of drug-likeness (QED) is 0.647. The Hall–Kier alpha value is -0.520. The van der Waals surface area contributed by atoms with Crippen LogP contribution in [0.1, 0.15) is 18.2 Å². The minimum absolute atomic E-state index is 0.471. The predicted octanol–water partition coefficient (Wildman–Crippen LogP) is -0.0797. The second-order valence-electron chi connectivity index (χ2n) is 1.92. The molecule has 56 valence electrons. The number of nitrogens with zero attached hydrogens (tertiary/aromatic N) is 2. The van der Waals surface area contributed by atoms with Gasteiger partial charge in [0.05, 0.1) is 6.10 Å². The molecule has 0 aliphatic rings. The van der Waals surface area contributed by atoms with Crippen molar-refractivity contribution in [3.63, 3.8) is 0 Å². The SMILES string of the molecule is NCCC(O)c1csnn1. The summed E-state index contributed by atoms with van der Waals surface area (Å²) in [6.07, 6.45) is 0.00884. The lowest BCUT2D eigenvalue weighted by Crippen LogP contribution is -2.06. The second-order valence-corrected chi connectivity index (χ2v) is 2.53. The Kier molecular flexibility index (Phi) is 2.73. The van der Waals surface area contributed by atoms with E-state index in [0.29, 0.717) is 18.7 Å². The fourth-order valence-electron chi connectivity index (χ4n) is 0.623. The molecule has 1 aromatic heterocycles. The monoisotopic (exact) mass is 159 g/mol. The molecule has 1 aromatic rings. The highest BCUT2D eigenvalue weighted by atomic mass is 32.1. The van der Waals surface area contributed by atoms with E-state index in [9.17, 15) is 5.11 Å². The van der Waals surface area contributed by atoms with Crippen molar-refractivity contribution in [1.82, 2.24) is 9.59 Å². The number of aromatic nitrogens is 2. The van der Waals surface area contributed by atoms with E-state index < -0.39 is 6.10 Å². The van der Waals surface area contributed by atoms with E-state index in [1.807, 2.05) is 0 Å². The molecule has 0 fully saturated rings. The highest BCUT2D eigenvalue weighted by molar-refractivity contribution is 7.03. The molecule has 1 atom stereocenters. The Bertz CT molecular complexity index is 177. The summed E-state index contributed by atoms with van der Waals surface area (Å²) in [5.41, 5.74) is 5.85. The number of rotatable bonds is 3. The van der Waals surface area contributed by atoms with Crippen LogP contribution in [-0.2, 0) is 0 Å². The number of aliphatic hydroxyl groups excluding tert-OH is 1. The van der Waals surface area contributed by atoms with E-state index in [1.54, 1.807) is 5.38 Å². The first-order chi connectivity index (χ1) is 4.84. The Morgan fingerprint density at radius 3 is 3.10 bits per heavy atom. The standard InChI is InChI=1S/C5H9N3OS/c6-2-1-5(9)4-3-10-8-7-4/h3,5,9H,1-2,6H2. The summed E-state index contributed by atoms with van der Waals surface area (Å²) in [6, 6.07) is 0. The van der Waals surface area contributed by atoms with Gasteiger partial charge in [-0.15, -0.1) is 5.10 Å². The molecule has 0 saturated carbocycles. The first-order valence-electron chi connectivity index (χ1n) is 2.99. The summed E-state index contributed by atoms with van der Waals surface area (Å²) >= 11 is 1.23. The van der Waals surface area contributed by atoms with Gasteiger partial charge in [-0.05, 0) is 24.5 Å². The van der Waals surface area contributed by atoms with E-state index in [-0.39, 0.29) is 0 Å². The lowest BCUT2D eigenvalue weighted by Gasteiger charge is -2.02. The lowest BCUT2D eigenvalue weighted by atomic mass is 10.2. The van der Waals surface area contributed by atoms with Gasteiger partial charge >= 0.3 is 0 Å². The summed E-state index contributed by atoms with van der Waals surface area (Å²) in [4.78, 5) is 0. The molecular weight excluding hydrogens is 150 g/mol. The number of nitrogens with two attached hydrogens (primary N) is 1. The van der Waals surface area contributed by atoms with Crippen LogP contribution in [-0.4, -0.2) is 21.2 Å². The third kappa shape index (κ3) is 1.73. The van der Waals surface area contributed by atoms with Crippen molar-refractivity contribution < 1.29 is 5.11 Å². The molecule has 0 aliphatic carbocycles. The molecule has 0 radical (unpaired) electrons. The fraction of sp³-hybridized carbons (Fsp3) is 0.600. The minimum Gasteiger partial charge on any atom is -0.387 e. The van der Waals surface area contributed by atoms with Gasteiger partial charge in [0.1, 0.15) is 5.69 Å².